The molecule has 0 radical (unpaired) electrons. The van der Waals surface area contributed by atoms with E-state index < -0.39 is 64.6 Å². The fraction of sp³-hybridized carbons (Fsp3) is 0.424. The maximum atomic E-state index is 14.3. The molecule has 0 aromatic heterocycles. The molecule has 2 saturated heterocycles. The molecule has 2 bridgehead atoms. The Labute approximate surface area is 249 Å². The maximum absolute atomic E-state index is 14.3. The van der Waals surface area contributed by atoms with Gasteiger partial charge in [-0.05, 0) is 76.2 Å². The van der Waals surface area contributed by atoms with Crippen LogP contribution in [0.4, 0.5) is 11.4 Å². The predicted molar refractivity (Wildman–Crippen MR) is 155 cm³/mol. The number of benzene rings is 2. The molecule has 43 heavy (non-hydrogen) atoms. The Hall–Kier alpha value is -4.47. The number of hydrogen-bond acceptors (Lipinski definition) is 8. The second kappa shape index (κ2) is 10.4. The third-order valence-corrected chi connectivity index (χ3v) is 9.49. The van der Waals surface area contributed by atoms with Crippen LogP contribution >= 0.6 is 0 Å². The Morgan fingerprint density at radius 2 is 1.09 bits per heavy atom. The summed E-state index contributed by atoms with van der Waals surface area (Å²) >= 11 is 0. The lowest BCUT2D eigenvalue weighted by molar-refractivity contribution is -0.155. The van der Waals surface area contributed by atoms with E-state index in [0.717, 1.165) is 9.80 Å². The van der Waals surface area contributed by atoms with Crippen molar-refractivity contribution in [3.63, 3.8) is 0 Å². The van der Waals surface area contributed by atoms with E-state index in [4.69, 9.17) is 14.2 Å². The van der Waals surface area contributed by atoms with Crippen LogP contribution < -0.4 is 19.3 Å². The predicted octanol–water partition coefficient (Wildman–Crippen LogP) is 3.92. The van der Waals surface area contributed by atoms with Crippen LogP contribution in [0.2, 0.25) is 0 Å². The fourth-order valence-electron chi connectivity index (χ4n) is 8.03. The zero-order valence-electron chi connectivity index (χ0n) is 24.8. The second-order valence-electron chi connectivity index (χ2n) is 11.5. The van der Waals surface area contributed by atoms with Crippen molar-refractivity contribution in [3.8, 4) is 11.5 Å². The number of allylic oxidation sites excluding steroid dienone is 1. The number of anilines is 2. The first-order valence-electron chi connectivity index (χ1n) is 14.7. The highest BCUT2D eigenvalue weighted by Crippen LogP contribution is 2.68. The van der Waals surface area contributed by atoms with Gasteiger partial charge in [0.2, 0.25) is 23.6 Å². The van der Waals surface area contributed by atoms with Crippen LogP contribution in [0.3, 0.4) is 0 Å². The average molecular weight is 587 g/mol. The summed E-state index contributed by atoms with van der Waals surface area (Å²) in [6.45, 7) is 9.80. The minimum Gasteiger partial charge on any atom is -0.494 e. The minimum atomic E-state index is -1.46. The number of ether oxygens (including phenoxy) is 3. The molecule has 2 unspecified atom stereocenters. The van der Waals surface area contributed by atoms with Crippen molar-refractivity contribution in [2.24, 2.45) is 35.0 Å². The molecule has 2 aliphatic heterocycles. The largest absolute Gasteiger partial charge is 0.494 e. The van der Waals surface area contributed by atoms with E-state index in [1.54, 1.807) is 69.3 Å². The molecule has 3 fully saturated rings. The van der Waals surface area contributed by atoms with Crippen molar-refractivity contribution in [3.05, 3.63) is 59.7 Å². The number of carbonyl (C=O) groups is 5. The third kappa shape index (κ3) is 3.88. The van der Waals surface area contributed by atoms with E-state index in [1.165, 1.54) is 0 Å². The molecule has 10 nitrogen and oxygen atoms in total. The molecule has 3 aliphatic carbocycles. The fourth-order valence-corrected chi connectivity index (χ4v) is 8.03. The third-order valence-electron chi connectivity index (χ3n) is 9.49. The Kier molecular flexibility index (Phi) is 6.90. The van der Waals surface area contributed by atoms with Crippen LogP contribution in [-0.4, -0.2) is 49.4 Å². The first kappa shape index (κ1) is 28.6. The quantitative estimate of drug-likeness (QED) is 0.337. The lowest BCUT2D eigenvalue weighted by Crippen LogP contribution is -2.61. The SMILES string of the molecule is CCOC(=O)C1=C(C)C2[C@H]3C(=O)N(c4ccc(OCC)cc4)C(=O)[C@H]3C1(C)[C@H]1C(=O)N(c3ccc(OCC)cc3)C(=O)[C@@H]21. The molecule has 10 heteroatoms. The Balaban J connectivity index is 1.47. The summed E-state index contributed by atoms with van der Waals surface area (Å²) in [5.74, 6) is -6.07. The highest BCUT2D eigenvalue weighted by atomic mass is 16.5. The maximum Gasteiger partial charge on any atom is 0.334 e. The number of nitrogens with zero attached hydrogens (tertiary/aromatic N) is 2. The van der Waals surface area contributed by atoms with Crippen molar-refractivity contribution >= 4 is 41.0 Å². The molecule has 2 aromatic rings. The Morgan fingerprint density at radius 1 is 0.674 bits per heavy atom. The lowest BCUT2D eigenvalue weighted by atomic mass is 9.43. The van der Waals surface area contributed by atoms with Gasteiger partial charge in [-0.1, -0.05) is 12.5 Å². The van der Waals surface area contributed by atoms with Crippen molar-refractivity contribution in [2.45, 2.75) is 34.6 Å². The molecule has 0 spiro atoms. The van der Waals surface area contributed by atoms with Gasteiger partial charge in [0.05, 0.1) is 54.9 Å². The van der Waals surface area contributed by atoms with E-state index >= 15 is 0 Å². The molecule has 2 heterocycles. The van der Waals surface area contributed by atoms with Gasteiger partial charge >= 0.3 is 5.97 Å². The lowest BCUT2D eigenvalue weighted by Gasteiger charge is -2.55. The van der Waals surface area contributed by atoms with Crippen LogP contribution in [0.25, 0.3) is 0 Å². The van der Waals surface area contributed by atoms with Crippen molar-refractivity contribution < 1.29 is 38.2 Å². The van der Waals surface area contributed by atoms with Gasteiger partial charge < -0.3 is 14.2 Å². The van der Waals surface area contributed by atoms with E-state index in [0.29, 0.717) is 41.7 Å². The average Bonchev–Trinajstić information content (AvgIpc) is 3.40. The molecule has 2 aromatic carbocycles. The van der Waals surface area contributed by atoms with Crippen LogP contribution in [0.5, 0.6) is 11.5 Å². The summed E-state index contributed by atoms with van der Waals surface area (Å²) in [6, 6.07) is 13.3. The van der Waals surface area contributed by atoms with E-state index in [1.807, 2.05) is 13.8 Å². The monoisotopic (exact) mass is 586 g/mol. The molecule has 6 atom stereocenters. The van der Waals surface area contributed by atoms with Crippen molar-refractivity contribution in [1.82, 2.24) is 0 Å². The van der Waals surface area contributed by atoms with E-state index in [-0.39, 0.29) is 12.2 Å². The molecule has 5 aliphatic rings. The summed E-state index contributed by atoms with van der Waals surface area (Å²) in [5.41, 5.74) is 0.00837. The van der Waals surface area contributed by atoms with Gasteiger partial charge in [-0.2, -0.15) is 0 Å². The van der Waals surface area contributed by atoms with Gasteiger partial charge in [0.1, 0.15) is 11.5 Å². The summed E-state index contributed by atoms with van der Waals surface area (Å²) in [4.78, 5) is 72.7. The Bertz CT molecular complexity index is 1470. The van der Waals surface area contributed by atoms with E-state index in [9.17, 15) is 24.0 Å². The summed E-state index contributed by atoms with van der Waals surface area (Å²) < 4.78 is 16.5. The summed E-state index contributed by atoms with van der Waals surface area (Å²) in [5, 5.41) is 0. The standard InChI is InChI=1S/C33H34N2O8/c1-6-41-20-13-9-18(10-14-20)34-28(36)23-22-17(4)25(32(40)43-8-3)33(5,26(23)30(34)38)27-24(22)29(37)35(31(27)39)19-11-15-21(16-12-19)42-7-2/h9-16,22-24,26-27H,6-8H2,1-5H3/t22?,23-,24+,26+,27-,33?. The molecular weight excluding hydrogens is 552 g/mol. The number of amides is 4. The molecule has 7 rings (SSSR count). The van der Waals surface area contributed by atoms with Crippen molar-refractivity contribution in [2.75, 3.05) is 29.6 Å². The van der Waals surface area contributed by atoms with Gasteiger partial charge in [0.25, 0.3) is 0 Å². The summed E-state index contributed by atoms with van der Waals surface area (Å²) in [6.07, 6.45) is 0. The van der Waals surface area contributed by atoms with Gasteiger partial charge in [-0.15, -0.1) is 0 Å². The number of carbonyl (C=O) groups excluding carboxylic acids is 5. The van der Waals surface area contributed by atoms with Crippen LogP contribution in [0, 0.1) is 35.0 Å². The smallest absolute Gasteiger partial charge is 0.334 e. The molecule has 224 valence electrons. The normalized spacial score (nSPS) is 29.3. The number of rotatable bonds is 8. The molecule has 1 saturated carbocycles. The van der Waals surface area contributed by atoms with Crippen LogP contribution in [0.15, 0.2) is 59.7 Å². The topological polar surface area (TPSA) is 120 Å². The first-order chi connectivity index (χ1) is 20.6. The molecule has 0 N–H and O–H groups in total. The number of hydrogen-bond donors (Lipinski definition) is 0. The second-order valence-corrected chi connectivity index (χ2v) is 11.5. The van der Waals surface area contributed by atoms with Gasteiger partial charge in [-0.3, -0.25) is 29.0 Å². The van der Waals surface area contributed by atoms with Gasteiger partial charge in [0, 0.05) is 16.9 Å². The minimum absolute atomic E-state index is 0.0922. The van der Waals surface area contributed by atoms with Gasteiger partial charge in [0.15, 0.2) is 0 Å². The van der Waals surface area contributed by atoms with Gasteiger partial charge in [-0.25, -0.2) is 4.79 Å². The first-order valence-corrected chi connectivity index (χ1v) is 14.7. The highest BCUT2D eigenvalue weighted by Gasteiger charge is 2.77. The number of imide groups is 2. The Morgan fingerprint density at radius 3 is 1.47 bits per heavy atom. The molecular formula is C33H34N2O8. The number of esters is 1. The van der Waals surface area contributed by atoms with Crippen molar-refractivity contribution in [1.29, 1.82) is 0 Å². The van der Waals surface area contributed by atoms with E-state index in [2.05, 4.69) is 0 Å². The van der Waals surface area contributed by atoms with Crippen LogP contribution in [-0.2, 0) is 28.7 Å². The van der Waals surface area contributed by atoms with Crippen LogP contribution in [0.1, 0.15) is 34.6 Å². The zero-order valence-corrected chi connectivity index (χ0v) is 24.8. The molecule has 4 amide bonds. The zero-order chi connectivity index (χ0) is 30.8. The summed E-state index contributed by atoms with van der Waals surface area (Å²) in [7, 11) is 0. The highest BCUT2D eigenvalue weighted by molar-refractivity contribution is 6.27.